The first kappa shape index (κ1) is 17.2. The first-order valence-corrected chi connectivity index (χ1v) is 6.21. The monoisotopic (exact) mass is 273 g/mol. The van der Waals surface area contributed by atoms with E-state index in [-0.39, 0.29) is 19.0 Å². The minimum Gasteiger partial charge on any atom is -0.480 e. The molecular weight excluding hydrogens is 250 g/mol. The van der Waals surface area contributed by atoms with Crippen LogP contribution in [0.4, 0.5) is 4.79 Å². The number of carbonyl (C=O) groups excluding carboxylic acids is 2. The number of aliphatic carboxylic acids is 1. The highest BCUT2D eigenvalue weighted by molar-refractivity contribution is 5.88. The Hall–Kier alpha value is -1.79. The Labute approximate surface area is 113 Å². The first-order valence-electron chi connectivity index (χ1n) is 6.21. The molecule has 0 aromatic rings. The Morgan fingerprint density at radius 3 is 2.05 bits per heavy atom. The summed E-state index contributed by atoms with van der Waals surface area (Å²) in [6.45, 7) is 7.04. The van der Waals surface area contributed by atoms with Crippen molar-refractivity contribution in [3.05, 3.63) is 0 Å². The molecule has 0 rings (SSSR count). The zero-order valence-corrected chi connectivity index (χ0v) is 12.2. The lowest BCUT2D eigenvalue weighted by atomic mass is 10.0. The molecule has 0 unspecified atom stereocenters. The highest BCUT2D eigenvalue weighted by Crippen LogP contribution is 2.14. The van der Waals surface area contributed by atoms with Crippen LogP contribution in [0.2, 0.25) is 0 Å². The molecule has 0 aromatic carbocycles. The molecule has 0 saturated carbocycles. The number of urea groups is 1. The van der Waals surface area contributed by atoms with Crippen molar-refractivity contribution in [2.75, 3.05) is 26.7 Å². The number of nitrogens with one attached hydrogen (secondary N) is 1. The second-order valence-electron chi connectivity index (χ2n) is 4.68. The molecule has 7 nitrogen and oxygen atoms in total. The van der Waals surface area contributed by atoms with Crippen LogP contribution in [0, 0.1) is 0 Å². The second kappa shape index (κ2) is 6.96. The van der Waals surface area contributed by atoms with Gasteiger partial charge in [-0.3, -0.25) is 4.79 Å². The van der Waals surface area contributed by atoms with Crippen LogP contribution in [0.1, 0.15) is 27.7 Å². The summed E-state index contributed by atoms with van der Waals surface area (Å²) in [5.74, 6) is -1.32. The molecule has 2 N–H and O–H groups in total. The lowest BCUT2D eigenvalue weighted by Crippen LogP contribution is -2.57. The van der Waals surface area contributed by atoms with Gasteiger partial charge in [-0.05, 0) is 27.7 Å². The van der Waals surface area contributed by atoms with Gasteiger partial charge in [0.25, 0.3) is 0 Å². The van der Waals surface area contributed by atoms with Gasteiger partial charge in [-0.2, -0.15) is 0 Å². The topological polar surface area (TPSA) is 90.0 Å². The fraction of sp³-hybridized carbons (Fsp3) is 0.750. The standard InChI is InChI=1S/C12H23N3O4/c1-6-14(5)9(16)8-13-11(19)15(7-2)12(3,4)10(17)18/h6-8H2,1-5H3,(H,13,19)(H,17,18). The zero-order chi connectivity index (χ0) is 15.2. The van der Waals surface area contributed by atoms with Gasteiger partial charge in [0.1, 0.15) is 5.54 Å². The summed E-state index contributed by atoms with van der Waals surface area (Å²) >= 11 is 0. The molecule has 0 saturated heterocycles. The number of hydrogen-bond donors (Lipinski definition) is 2. The molecule has 0 radical (unpaired) electrons. The lowest BCUT2D eigenvalue weighted by Gasteiger charge is -2.34. The molecular formula is C12H23N3O4. The molecule has 0 aliphatic heterocycles. The molecule has 0 heterocycles. The summed E-state index contributed by atoms with van der Waals surface area (Å²) in [6.07, 6.45) is 0. The normalized spacial score (nSPS) is 10.8. The van der Waals surface area contributed by atoms with Gasteiger partial charge in [-0.25, -0.2) is 9.59 Å². The SMILES string of the molecule is CCN(C)C(=O)CNC(=O)N(CC)C(C)(C)C(=O)O. The highest BCUT2D eigenvalue weighted by atomic mass is 16.4. The maximum absolute atomic E-state index is 11.9. The quantitative estimate of drug-likeness (QED) is 0.731. The average molecular weight is 273 g/mol. The van der Waals surface area contributed by atoms with Crippen molar-refractivity contribution in [2.45, 2.75) is 33.2 Å². The van der Waals surface area contributed by atoms with E-state index in [1.54, 1.807) is 14.0 Å². The van der Waals surface area contributed by atoms with Crippen molar-refractivity contribution in [3.63, 3.8) is 0 Å². The van der Waals surface area contributed by atoms with Crippen LogP contribution in [-0.2, 0) is 9.59 Å². The largest absolute Gasteiger partial charge is 0.480 e. The Morgan fingerprint density at radius 1 is 1.16 bits per heavy atom. The predicted molar refractivity (Wildman–Crippen MR) is 70.8 cm³/mol. The van der Waals surface area contributed by atoms with E-state index in [4.69, 9.17) is 5.11 Å². The van der Waals surface area contributed by atoms with Crippen LogP contribution in [0.5, 0.6) is 0 Å². The van der Waals surface area contributed by atoms with E-state index in [1.807, 2.05) is 6.92 Å². The molecule has 0 aliphatic carbocycles. The van der Waals surface area contributed by atoms with Crippen LogP contribution < -0.4 is 5.32 Å². The van der Waals surface area contributed by atoms with Crippen LogP contribution in [0.3, 0.4) is 0 Å². The fourth-order valence-corrected chi connectivity index (χ4v) is 1.47. The summed E-state index contributed by atoms with van der Waals surface area (Å²) in [6, 6.07) is -0.562. The van der Waals surface area contributed by atoms with Gasteiger partial charge in [0, 0.05) is 20.1 Å². The molecule has 0 atom stereocenters. The van der Waals surface area contributed by atoms with Gasteiger partial charge in [0.15, 0.2) is 0 Å². The van der Waals surface area contributed by atoms with Crippen molar-refractivity contribution in [1.29, 1.82) is 0 Å². The summed E-state index contributed by atoms with van der Waals surface area (Å²) in [4.78, 5) is 37.2. The number of amides is 3. The third-order valence-electron chi connectivity index (χ3n) is 3.05. The minimum absolute atomic E-state index is 0.143. The van der Waals surface area contributed by atoms with E-state index in [2.05, 4.69) is 5.32 Å². The maximum Gasteiger partial charge on any atom is 0.329 e. The van der Waals surface area contributed by atoms with E-state index in [0.29, 0.717) is 6.54 Å². The van der Waals surface area contributed by atoms with Crippen molar-refractivity contribution >= 4 is 17.9 Å². The predicted octanol–water partition coefficient (Wildman–Crippen LogP) is 0.359. The van der Waals surface area contributed by atoms with Gasteiger partial charge in [-0.1, -0.05) is 0 Å². The molecule has 0 aromatic heterocycles. The summed E-state index contributed by atoms with van der Waals surface area (Å²) in [7, 11) is 1.63. The number of carbonyl (C=O) groups is 3. The van der Waals surface area contributed by atoms with E-state index in [1.165, 1.54) is 23.6 Å². The summed E-state index contributed by atoms with van der Waals surface area (Å²) in [5, 5.41) is 11.5. The lowest BCUT2D eigenvalue weighted by molar-refractivity contribution is -0.147. The molecule has 0 spiro atoms. The molecule has 0 bridgehead atoms. The highest BCUT2D eigenvalue weighted by Gasteiger charge is 2.36. The first-order chi connectivity index (χ1) is 8.68. The third-order valence-corrected chi connectivity index (χ3v) is 3.05. The van der Waals surface area contributed by atoms with Crippen LogP contribution >= 0.6 is 0 Å². The van der Waals surface area contributed by atoms with Crippen molar-refractivity contribution in [2.24, 2.45) is 0 Å². The van der Waals surface area contributed by atoms with Gasteiger partial charge in [0.05, 0.1) is 6.54 Å². The number of nitrogens with zero attached hydrogens (tertiary/aromatic N) is 2. The fourth-order valence-electron chi connectivity index (χ4n) is 1.47. The summed E-state index contributed by atoms with van der Waals surface area (Å²) in [5.41, 5.74) is -1.32. The van der Waals surface area contributed by atoms with Crippen molar-refractivity contribution in [3.8, 4) is 0 Å². The van der Waals surface area contributed by atoms with Crippen LogP contribution in [0.15, 0.2) is 0 Å². The van der Waals surface area contributed by atoms with Crippen molar-refractivity contribution < 1.29 is 19.5 Å². The van der Waals surface area contributed by atoms with Crippen LogP contribution in [0.25, 0.3) is 0 Å². The Bertz CT molecular complexity index is 355. The molecule has 7 heteroatoms. The Balaban J connectivity index is 4.63. The zero-order valence-electron chi connectivity index (χ0n) is 12.2. The molecule has 0 aliphatic rings. The van der Waals surface area contributed by atoms with Gasteiger partial charge >= 0.3 is 12.0 Å². The van der Waals surface area contributed by atoms with Gasteiger partial charge in [-0.15, -0.1) is 0 Å². The maximum atomic E-state index is 11.9. The molecule has 19 heavy (non-hydrogen) atoms. The second-order valence-corrected chi connectivity index (χ2v) is 4.68. The number of hydrogen-bond acceptors (Lipinski definition) is 3. The Morgan fingerprint density at radius 2 is 1.68 bits per heavy atom. The van der Waals surface area contributed by atoms with E-state index in [9.17, 15) is 14.4 Å². The minimum atomic E-state index is -1.32. The average Bonchev–Trinajstić information content (AvgIpc) is 2.35. The van der Waals surface area contributed by atoms with E-state index in [0.717, 1.165) is 0 Å². The van der Waals surface area contributed by atoms with Gasteiger partial charge < -0.3 is 20.2 Å². The van der Waals surface area contributed by atoms with Crippen molar-refractivity contribution in [1.82, 2.24) is 15.1 Å². The number of carboxylic acid groups (broad SMARTS) is 1. The van der Waals surface area contributed by atoms with Crippen LogP contribution in [-0.4, -0.2) is 65.0 Å². The summed E-state index contributed by atoms with van der Waals surface area (Å²) < 4.78 is 0. The van der Waals surface area contributed by atoms with Gasteiger partial charge in [0.2, 0.25) is 5.91 Å². The molecule has 0 fully saturated rings. The third kappa shape index (κ3) is 4.42. The number of carboxylic acids is 1. The number of likely N-dealkylation sites (N-methyl/N-ethyl adjacent to an activating group) is 2. The number of rotatable bonds is 6. The smallest absolute Gasteiger partial charge is 0.329 e. The molecule has 3 amide bonds. The molecule has 110 valence electrons. The Kier molecular flexibility index (Phi) is 6.31. The van der Waals surface area contributed by atoms with E-state index < -0.39 is 17.5 Å². The van der Waals surface area contributed by atoms with E-state index >= 15 is 0 Å².